The van der Waals surface area contributed by atoms with E-state index in [-0.39, 0.29) is 18.9 Å². The molecule has 2 rings (SSSR count). The Labute approximate surface area is 127 Å². The Kier molecular flexibility index (Phi) is 5.19. The number of hydrogen-bond acceptors (Lipinski definition) is 3. The summed E-state index contributed by atoms with van der Waals surface area (Å²) in [5.41, 5.74) is 1.53. The number of rotatable bonds is 5. The Morgan fingerprint density at radius 2 is 2.00 bits per heavy atom. The fraction of sp³-hybridized carbons (Fsp3) is 0.125. The predicted octanol–water partition coefficient (Wildman–Crippen LogP) is 3.42. The third-order valence-electron chi connectivity index (χ3n) is 2.70. The van der Waals surface area contributed by atoms with E-state index in [9.17, 15) is 4.79 Å². The second-order valence-electron chi connectivity index (χ2n) is 4.33. The van der Waals surface area contributed by atoms with Crippen LogP contribution in [0.1, 0.15) is 5.56 Å². The number of nitrogens with zero attached hydrogens (tertiary/aromatic N) is 1. The maximum atomic E-state index is 11.9. The van der Waals surface area contributed by atoms with Crippen molar-refractivity contribution in [3.63, 3.8) is 0 Å². The Bertz CT molecular complexity index is 663. The van der Waals surface area contributed by atoms with Gasteiger partial charge >= 0.3 is 0 Å². The summed E-state index contributed by atoms with van der Waals surface area (Å²) < 4.78 is 5.14. The normalized spacial score (nSPS) is 9.71. The summed E-state index contributed by atoms with van der Waals surface area (Å²) in [4.78, 5) is 11.9. The molecule has 4 nitrogen and oxygen atoms in total. The first-order valence-electron chi connectivity index (χ1n) is 6.31. The molecule has 106 valence electrons. The van der Waals surface area contributed by atoms with Gasteiger partial charge in [-0.3, -0.25) is 4.79 Å². The highest BCUT2D eigenvalue weighted by Gasteiger charge is 2.05. The van der Waals surface area contributed by atoms with Gasteiger partial charge in [-0.1, -0.05) is 23.7 Å². The average molecular weight is 301 g/mol. The monoisotopic (exact) mass is 300 g/mol. The van der Waals surface area contributed by atoms with Crippen LogP contribution >= 0.6 is 11.6 Å². The number of halogens is 1. The van der Waals surface area contributed by atoms with Crippen molar-refractivity contribution in [2.45, 2.75) is 6.42 Å². The molecule has 0 aromatic heterocycles. The van der Waals surface area contributed by atoms with E-state index in [0.717, 1.165) is 5.56 Å². The molecular formula is C16H13ClN2O2. The average Bonchev–Trinajstić information content (AvgIpc) is 2.46. The summed E-state index contributed by atoms with van der Waals surface area (Å²) in [7, 11) is 0. The van der Waals surface area contributed by atoms with Crippen LogP contribution in [0.25, 0.3) is 0 Å². The van der Waals surface area contributed by atoms with Gasteiger partial charge in [0.05, 0.1) is 6.42 Å². The Morgan fingerprint density at radius 1 is 1.24 bits per heavy atom. The molecule has 0 spiro atoms. The van der Waals surface area contributed by atoms with Crippen molar-refractivity contribution in [1.29, 1.82) is 5.26 Å². The number of carbonyl (C=O) groups is 1. The zero-order valence-corrected chi connectivity index (χ0v) is 11.9. The van der Waals surface area contributed by atoms with Gasteiger partial charge in [-0.25, -0.2) is 0 Å². The molecule has 1 N–H and O–H groups in total. The SMILES string of the molecule is N#CCOc1ccc(NC(=O)Cc2cccc(Cl)c2)cc1. The van der Waals surface area contributed by atoms with E-state index in [4.69, 9.17) is 21.6 Å². The van der Waals surface area contributed by atoms with E-state index in [1.165, 1.54) is 0 Å². The van der Waals surface area contributed by atoms with E-state index in [2.05, 4.69) is 5.32 Å². The molecule has 21 heavy (non-hydrogen) atoms. The summed E-state index contributed by atoms with van der Waals surface area (Å²) in [6, 6.07) is 15.9. The lowest BCUT2D eigenvalue weighted by atomic mass is 10.1. The summed E-state index contributed by atoms with van der Waals surface area (Å²) in [6.07, 6.45) is 0.257. The van der Waals surface area contributed by atoms with E-state index >= 15 is 0 Å². The molecule has 2 aromatic carbocycles. The number of nitriles is 1. The van der Waals surface area contributed by atoms with Crippen LogP contribution in [0.15, 0.2) is 48.5 Å². The van der Waals surface area contributed by atoms with Crippen LogP contribution in [-0.4, -0.2) is 12.5 Å². The van der Waals surface area contributed by atoms with Gasteiger partial charge in [-0.05, 0) is 42.0 Å². The summed E-state index contributed by atoms with van der Waals surface area (Å²) in [5, 5.41) is 11.8. The third-order valence-corrected chi connectivity index (χ3v) is 2.93. The fourth-order valence-electron chi connectivity index (χ4n) is 1.79. The Hall–Kier alpha value is -2.51. The lowest BCUT2D eigenvalue weighted by Crippen LogP contribution is -2.14. The lowest BCUT2D eigenvalue weighted by Gasteiger charge is -2.07. The number of amides is 1. The molecule has 5 heteroatoms. The van der Waals surface area contributed by atoms with Crippen LogP contribution in [-0.2, 0) is 11.2 Å². The number of nitrogens with one attached hydrogen (secondary N) is 1. The maximum absolute atomic E-state index is 11.9. The number of anilines is 1. The van der Waals surface area contributed by atoms with Gasteiger partial charge in [0.1, 0.15) is 11.8 Å². The van der Waals surface area contributed by atoms with E-state index in [0.29, 0.717) is 16.5 Å². The highest BCUT2D eigenvalue weighted by atomic mass is 35.5. The lowest BCUT2D eigenvalue weighted by molar-refractivity contribution is -0.115. The zero-order valence-electron chi connectivity index (χ0n) is 11.2. The Balaban J connectivity index is 1.92. The van der Waals surface area contributed by atoms with Crippen molar-refractivity contribution in [3.8, 4) is 11.8 Å². The number of hydrogen-bond donors (Lipinski definition) is 1. The van der Waals surface area contributed by atoms with Gasteiger partial charge in [0.2, 0.25) is 5.91 Å². The molecule has 0 aliphatic rings. The molecule has 0 aliphatic heterocycles. The van der Waals surface area contributed by atoms with Gasteiger partial charge in [0, 0.05) is 10.7 Å². The number of ether oxygens (including phenoxy) is 1. The van der Waals surface area contributed by atoms with E-state index in [1.54, 1.807) is 36.4 Å². The van der Waals surface area contributed by atoms with Gasteiger partial charge in [0.15, 0.2) is 6.61 Å². The summed E-state index contributed by atoms with van der Waals surface area (Å²) in [6.45, 7) is 0.000469. The zero-order chi connectivity index (χ0) is 15.1. The molecule has 1 amide bonds. The van der Waals surface area contributed by atoms with Crippen LogP contribution < -0.4 is 10.1 Å². The molecular weight excluding hydrogens is 288 g/mol. The van der Waals surface area contributed by atoms with Crippen LogP contribution in [0.4, 0.5) is 5.69 Å². The van der Waals surface area contributed by atoms with Crippen molar-refractivity contribution in [1.82, 2.24) is 0 Å². The molecule has 0 saturated carbocycles. The first-order chi connectivity index (χ1) is 10.2. The summed E-state index contributed by atoms with van der Waals surface area (Å²) in [5.74, 6) is 0.465. The maximum Gasteiger partial charge on any atom is 0.228 e. The van der Waals surface area contributed by atoms with Crippen LogP contribution in [0, 0.1) is 11.3 Å². The molecule has 0 saturated heterocycles. The molecule has 0 unspecified atom stereocenters. The molecule has 0 aliphatic carbocycles. The number of benzene rings is 2. The first-order valence-corrected chi connectivity index (χ1v) is 6.69. The van der Waals surface area contributed by atoms with Crippen molar-refractivity contribution in [2.75, 3.05) is 11.9 Å². The quantitative estimate of drug-likeness (QED) is 0.920. The van der Waals surface area contributed by atoms with Gasteiger partial charge in [-0.2, -0.15) is 5.26 Å². The van der Waals surface area contributed by atoms with E-state index < -0.39 is 0 Å². The topological polar surface area (TPSA) is 62.1 Å². The van der Waals surface area contributed by atoms with E-state index in [1.807, 2.05) is 18.2 Å². The highest BCUT2D eigenvalue weighted by Crippen LogP contribution is 2.16. The molecule has 0 bridgehead atoms. The third kappa shape index (κ3) is 4.83. The smallest absolute Gasteiger partial charge is 0.228 e. The summed E-state index contributed by atoms with van der Waals surface area (Å²) >= 11 is 5.88. The van der Waals surface area contributed by atoms with Crippen LogP contribution in [0.3, 0.4) is 0 Å². The minimum atomic E-state index is -0.122. The minimum Gasteiger partial charge on any atom is -0.479 e. The Morgan fingerprint density at radius 3 is 2.67 bits per heavy atom. The predicted molar refractivity (Wildman–Crippen MR) is 81.3 cm³/mol. The second-order valence-corrected chi connectivity index (χ2v) is 4.76. The second kappa shape index (κ2) is 7.32. The molecule has 0 atom stereocenters. The molecule has 0 radical (unpaired) electrons. The minimum absolute atomic E-state index is 0.000469. The standard InChI is InChI=1S/C16H13ClN2O2/c17-13-3-1-2-12(10-13)11-16(20)19-14-4-6-15(7-5-14)21-9-8-18/h1-7,10H,9,11H2,(H,19,20). The fourth-order valence-corrected chi connectivity index (χ4v) is 2.00. The highest BCUT2D eigenvalue weighted by molar-refractivity contribution is 6.30. The molecule has 2 aromatic rings. The number of carbonyl (C=O) groups excluding carboxylic acids is 1. The van der Waals surface area contributed by atoms with Gasteiger partial charge in [-0.15, -0.1) is 0 Å². The molecule has 0 heterocycles. The van der Waals surface area contributed by atoms with Crippen LogP contribution in [0.2, 0.25) is 5.02 Å². The van der Waals surface area contributed by atoms with Gasteiger partial charge in [0.25, 0.3) is 0 Å². The van der Waals surface area contributed by atoms with Crippen molar-refractivity contribution in [2.24, 2.45) is 0 Å². The van der Waals surface area contributed by atoms with Gasteiger partial charge < -0.3 is 10.1 Å². The molecule has 0 fully saturated rings. The van der Waals surface area contributed by atoms with Crippen LogP contribution in [0.5, 0.6) is 5.75 Å². The van der Waals surface area contributed by atoms with Crippen molar-refractivity contribution in [3.05, 3.63) is 59.1 Å². The van der Waals surface area contributed by atoms with Crippen molar-refractivity contribution < 1.29 is 9.53 Å². The van der Waals surface area contributed by atoms with Crippen molar-refractivity contribution >= 4 is 23.2 Å². The first kappa shape index (κ1) is 14.9. The largest absolute Gasteiger partial charge is 0.479 e.